The summed E-state index contributed by atoms with van der Waals surface area (Å²) >= 11 is 0. The average Bonchev–Trinajstić information content (AvgIpc) is 2.96. The molecule has 1 heterocycles. The number of para-hydroxylation sites is 1. The summed E-state index contributed by atoms with van der Waals surface area (Å²) in [5.74, 6) is 1.25. The van der Waals surface area contributed by atoms with Gasteiger partial charge in [0, 0.05) is 31.5 Å². The Labute approximate surface area is 230 Å². The van der Waals surface area contributed by atoms with Crippen molar-refractivity contribution in [1.82, 2.24) is 10.2 Å². The van der Waals surface area contributed by atoms with Crippen molar-refractivity contribution in [2.75, 3.05) is 21.3 Å². The minimum atomic E-state index is -0.760. The van der Waals surface area contributed by atoms with Crippen molar-refractivity contribution >= 4 is 11.8 Å². The van der Waals surface area contributed by atoms with Gasteiger partial charge in [0.2, 0.25) is 5.91 Å². The molecule has 1 N–H and O–H groups in total. The number of nitrogens with one attached hydrogen (secondary N) is 1. The van der Waals surface area contributed by atoms with Crippen LogP contribution in [0.4, 0.5) is 0 Å². The molecule has 1 aliphatic rings. The lowest BCUT2D eigenvalue weighted by molar-refractivity contribution is -0.126. The van der Waals surface area contributed by atoms with Crippen LogP contribution in [-0.2, 0) is 11.2 Å². The molecule has 0 radical (unpaired) electrons. The number of likely N-dealkylation sites (N-methyl/N-ethyl adjacent to an activating group) is 1. The molecule has 4 rings (SSSR count). The fourth-order valence-electron chi connectivity index (χ4n) is 4.74. The van der Waals surface area contributed by atoms with Gasteiger partial charge in [0.1, 0.15) is 23.3 Å². The highest BCUT2D eigenvalue weighted by molar-refractivity contribution is 5.99. The van der Waals surface area contributed by atoms with Crippen LogP contribution in [0.3, 0.4) is 0 Å². The molecule has 0 spiro atoms. The molecule has 0 unspecified atom stereocenters. The third-order valence-corrected chi connectivity index (χ3v) is 6.95. The number of carbonyl (C=O) groups excluding carboxylic acids is 2. The number of hydrogen-bond donors (Lipinski definition) is 1. The lowest BCUT2D eigenvalue weighted by atomic mass is 9.98. The Morgan fingerprint density at radius 3 is 2.38 bits per heavy atom. The Hall–Kier alpha value is -4.26. The second-order valence-corrected chi connectivity index (χ2v) is 9.66. The molecule has 0 saturated heterocycles. The van der Waals surface area contributed by atoms with Gasteiger partial charge in [-0.25, -0.2) is 0 Å². The van der Waals surface area contributed by atoms with Crippen LogP contribution < -0.4 is 19.5 Å². The predicted octanol–water partition coefficient (Wildman–Crippen LogP) is 5.36. The second-order valence-electron chi connectivity index (χ2n) is 9.66. The van der Waals surface area contributed by atoms with Gasteiger partial charge >= 0.3 is 0 Å². The van der Waals surface area contributed by atoms with Crippen LogP contribution in [0.15, 0.2) is 84.9 Å². The van der Waals surface area contributed by atoms with Crippen molar-refractivity contribution in [1.29, 1.82) is 0 Å². The summed E-state index contributed by atoms with van der Waals surface area (Å²) in [5.41, 5.74) is 2.20. The van der Waals surface area contributed by atoms with Crippen molar-refractivity contribution in [3.8, 4) is 17.2 Å². The van der Waals surface area contributed by atoms with Crippen LogP contribution in [0, 0.1) is 0 Å². The van der Waals surface area contributed by atoms with E-state index in [1.165, 1.54) is 4.90 Å². The second kappa shape index (κ2) is 13.0. The number of benzene rings is 3. The van der Waals surface area contributed by atoms with Gasteiger partial charge in [0.05, 0.1) is 31.9 Å². The summed E-state index contributed by atoms with van der Waals surface area (Å²) in [6.45, 7) is 1.98. The Balaban J connectivity index is 1.76. The molecule has 0 fully saturated rings. The maximum Gasteiger partial charge on any atom is 0.258 e. The summed E-state index contributed by atoms with van der Waals surface area (Å²) in [6, 6.07) is 21.3. The molecule has 0 aromatic heterocycles. The molecule has 7 heteroatoms. The van der Waals surface area contributed by atoms with Crippen LogP contribution in [0.1, 0.15) is 47.3 Å². The fourth-order valence-corrected chi connectivity index (χ4v) is 4.74. The van der Waals surface area contributed by atoms with Crippen molar-refractivity contribution in [3.63, 3.8) is 0 Å². The minimum absolute atomic E-state index is 0.146. The molecule has 0 saturated carbocycles. The molecule has 0 aliphatic carbocycles. The number of fused-ring (bicyclic) bond motifs is 1. The first kappa shape index (κ1) is 27.8. The van der Waals surface area contributed by atoms with E-state index in [2.05, 4.69) is 5.32 Å². The third-order valence-electron chi connectivity index (χ3n) is 6.95. The molecule has 3 atom stereocenters. The SMILES string of the molecule is COc1ccc([C@@H]2C/C=C\C[C@@H](C)Oc3ccccc3C(=O)N(C)[C@H](Cc3ccccc3)C(=O)N2)c(OC)c1. The molecular formula is C32H36N2O5. The van der Waals surface area contributed by atoms with Gasteiger partial charge in [0.25, 0.3) is 5.91 Å². The topological polar surface area (TPSA) is 77.1 Å². The van der Waals surface area contributed by atoms with E-state index in [-0.39, 0.29) is 24.0 Å². The Bertz CT molecular complexity index is 1310. The van der Waals surface area contributed by atoms with E-state index >= 15 is 0 Å². The molecule has 2 amide bonds. The number of methoxy groups -OCH3 is 2. The van der Waals surface area contributed by atoms with Gasteiger partial charge in [-0.1, -0.05) is 54.6 Å². The highest BCUT2D eigenvalue weighted by Crippen LogP contribution is 2.32. The van der Waals surface area contributed by atoms with Crippen molar-refractivity contribution < 1.29 is 23.8 Å². The maximum absolute atomic E-state index is 14.0. The standard InChI is InChI=1S/C32H36N2O5/c1-22-12-8-10-16-27(25-19-18-24(37-3)21-30(25)38-4)33-31(35)28(20-23-13-6-5-7-14-23)34(2)32(36)26-15-9-11-17-29(26)39-22/h5-11,13-15,17-19,21-22,27-28H,12,16,20H2,1-4H3,(H,33,35)/b10-8-/t22-,27+,28-/m1/s1. The Kier molecular flexibility index (Phi) is 9.26. The molecule has 39 heavy (non-hydrogen) atoms. The molecular weight excluding hydrogens is 492 g/mol. The zero-order valence-electron chi connectivity index (χ0n) is 22.9. The van der Waals surface area contributed by atoms with Crippen LogP contribution in [0.5, 0.6) is 17.2 Å². The highest BCUT2D eigenvalue weighted by Gasteiger charge is 2.31. The van der Waals surface area contributed by atoms with Crippen LogP contribution in [0.25, 0.3) is 0 Å². The molecule has 3 aromatic carbocycles. The first-order valence-corrected chi connectivity index (χ1v) is 13.1. The highest BCUT2D eigenvalue weighted by atomic mass is 16.5. The third kappa shape index (κ3) is 6.79. The number of amides is 2. The summed E-state index contributed by atoms with van der Waals surface area (Å²) in [4.78, 5) is 29.3. The van der Waals surface area contributed by atoms with Gasteiger partial charge in [-0.15, -0.1) is 0 Å². The number of rotatable bonds is 5. The van der Waals surface area contributed by atoms with Crippen molar-refractivity contribution in [2.24, 2.45) is 0 Å². The number of hydrogen-bond acceptors (Lipinski definition) is 5. The summed E-state index contributed by atoms with van der Waals surface area (Å²) in [6.07, 6.45) is 5.49. The Morgan fingerprint density at radius 1 is 0.923 bits per heavy atom. The van der Waals surface area contributed by atoms with Gasteiger partial charge in [-0.3, -0.25) is 9.59 Å². The van der Waals surface area contributed by atoms with E-state index in [0.29, 0.717) is 42.1 Å². The lowest BCUT2D eigenvalue weighted by Crippen LogP contribution is -2.49. The zero-order chi connectivity index (χ0) is 27.8. The first-order chi connectivity index (χ1) is 18.9. The Morgan fingerprint density at radius 2 is 1.64 bits per heavy atom. The van der Waals surface area contributed by atoms with E-state index in [4.69, 9.17) is 14.2 Å². The quantitative estimate of drug-likeness (QED) is 0.451. The van der Waals surface area contributed by atoms with Crippen molar-refractivity contribution in [3.05, 3.63) is 102 Å². The lowest BCUT2D eigenvalue weighted by Gasteiger charge is -2.31. The number of ether oxygens (including phenoxy) is 3. The normalized spacial score (nSPS) is 21.1. The average molecular weight is 529 g/mol. The molecule has 3 aromatic rings. The zero-order valence-corrected chi connectivity index (χ0v) is 22.9. The van der Waals surface area contributed by atoms with Crippen LogP contribution >= 0.6 is 0 Å². The summed E-state index contributed by atoms with van der Waals surface area (Å²) in [5, 5.41) is 3.22. The van der Waals surface area contributed by atoms with E-state index in [9.17, 15) is 9.59 Å². The molecule has 1 aliphatic heterocycles. The number of nitrogens with zero attached hydrogens (tertiary/aromatic N) is 1. The monoisotopic (exact) mass is 528 g/mol. The van der Waals surface area contributed by atoms with E-state index in [0.717, 1.165) is 11.1 Å². The predicted molar refractivity (Wildman–Crippen MR) is 151 cm³/mol. The smallest absolute Gasteiger partial charge is 0.258 e. The van der Waals surface area contributed by atoms with Gasteiger partial charge in [0.15, 0.2) is 0 Å². The van der Waals surface area contributed by atoms with Crippen LogP contribution in [0.2, 0.25) is 0 Å². The van der Waals surface area contributed by atoms with Crippen LogP contribution in [-0.4, -0.2) is 50.1 Å². The van der Waals surface area contributed by atoms with Gasteiger partial charge in [-0.2, -0.15) is 0 Å². The molecule has 0 bridgehead atoms. The van der Waals surface area contributed by atoms with Gasteiger partial charge < -0.3 is 24.4 Å². The van der Waals surface area contributed by atoms with Crippen molar-refractivity contribution in [2.45, 2.75) is 44.4 Å². The molecule has 204 valence electrons. The van der Waals surface area contributed by atoms with E-state index < -0.39 is 6.04 Å². The minimum Gasteiger partial charge on any atom is -0.497 e. The van der Waals surface area contributed by atoms with E-state index in [1.807, 2.05) is 67.6 Å². The molecule has 7 nitrogen and oxygen atoms in total. The summed E-state index contributed by atoms with van der Waals surface area (Å²) < 4.78 is 17.2. The largest absolute Gasteiger partial charge is 0.497 e. The summed E-state index contributed by atoms with van der Waals surface area (Å²) in [7, 11) is 4.87. The maximum atomic E-state index is 14.0. The van der Waals surface area contributed by atoms with Gasteiger partial charge in [-0.05, 0) is 43.2 Å². The fraction of sp³-hybridized carbons (Fsp3) is 0.312. The first-order valence-electron chi connectivity index (χ1n) is 13.1. The van der Waals surface area contributed by atoms with E-state index in [1.54, 1.807) is 45.5 Å². The number of carbonyl (C=O) groups is 2.